The molecule has 0 radical (unpaired) electrons. The molecule has 2 rings (SSSR count). The van der Waals surface area contributed by atoms with E-state index in [4.69, 9.17) is 21.1 Å². The van der Waals surface area contributed by atoms with Crippen molar-refractivity contribution in [2.75, 3.05) is 13.2 Å². The molecule has 1 aliphatic rings. The Labute approximate surface area is 115 Å². The molecule has 1 aromatic carbocycles. The molecule has 104 valence electrons. The molecule has 0 saturated carbocycles. The number of cyclic esters (lactones) is 1. The Kier molecular flexibility index (Phi) is 4.14. The Bertz CT molecular complexity index is 507. The molecule has 0 bridgehead atoms. The van der Waals surface area contributed by atoms with E-state index in [2.05, 4.69) is 5.32 Å². The van der Waals surface area contributed by atoms with Crippen molar-refractivity contribution in [2.45, 2.75) is 26.4 Å². The van der Waals surface area contributed by atoms with E-state index >= 15 is 0 Å². The molecule has 0 aromatic heterocycles. The number of rotatable bonds is 4. The van der Waals surface area contributed by atoms with E-state index in [0.717, 1.165) is 5.56 Å². The minimum absolute atomic E-state index is 0.0123. The number of amides is 1. The van der Waals surface area contributed by atoms with Crippen LogP contribution >= 0.6 is 11.6 Å². The molecule has 0 spiro atoms. The molecule has 1 fully saturated rings. The second kappa shape index (κ2) is 5.65. The Hall–Kier alpha value is -1.49. The molecular weight excluding hydrogens is 273 g/mol. The first-order valence-corrected chi connectivity index (χ1v) is 6.54. The van der Waals surface area contributed by atoms with E-state index in [1.165, 1.54) is 0 Å². The maximum atomic E-state index is 14.2. The number of hydrogen-bond acceptors (Lipinski definition) is 3. The molecule has 0 aliphatic carbocycles. The third kappa shape index (κ3) is 2.61. The van der Waals surface area contributed by atoms with Crippen LogP contribution in [0.5, 0.6) is 5.75 Å². The average molecular weight is 288 g/mol. The zero-order valence-corrected chi connectivity index (χ0v) is 11.5. The number of nitrogens with one attached hydrogen (secondary N) is 1. The van der Waals surface area contributed by atoms with Crippen molar-refractivity contribution in [3.8, 4) is 5.75 Å². The van der Waals surface area contributed by atoms with E-state index in [-0.39, 0.29) is 17.1 Å². The fourth-order valence-electron chi connectivity index (χ4n) is 2.10. The predicted molar refractivity (Wildman–Crippen MR) is 69.2 cm³/mol. The highest BCUT2D eigenvalue weighted by Gasteiger charge is 2.32. The third-order valence-corrected chi connectivity index (χ3v) is 3.23. The quantitative estimate of drug-likeness (QED) is 0.925. The van der Waals surface area contributed by atoms with Gasteiger partial charge in [0.05, 0.1) is 23.7 Å². The fourth-order valence-corrected chi connectivity index (χ4v) is 2.33. The second-order valence-electron chi connectivity index (χ2n) is 4.14. The minimum Gasteiger partial charge on any atom is -0.493 e. The van der Waals surface area contributed by atoms with Gasteiger partial charge < -0.3 is 14.8 Å². The van der Waals surface area contributed by atoms with Gasteiger partial charge in [-0.15, -0.1) is 0 Å². The number of halogens is 2. The largest absolute Gasteiger partial charge is 0.493 e. The molecule has 4 nitrogen and oxygen atoms in total. The summed E-state index contributed by atoms with van der Waals surface area (Å²) in [5.74, 6) is -0.169. The summed E-state index contributed by atoms with van der Waals surface area (Å²) in [5.41, 5.74) is 1.01. The Balaban J connectivity index is 2.54. The van der Waals surface area contributed by atoms with E-state index in [0.29, 0.717) is 18.8 Å². The van der Waals surface area contributed by atoms with Crippen LogP contribution in [0, 0.1) is 5.82 Å². The number of carbonyl (C=O) groups is 1. The molecule has 6 heteroatoms. The maximum absolute atomic E-state index is 14.2. The summed E-state index contributed by atoms with van der Waals surface area (Å²) < 4.78 is 24.8. The molecule has 1 amide bonds. The van der Waals surface area contributed by atoms with E-state index < -0.39 is 18.0 Å². The molecule has 1 aliphatic heterocycles. The van der Waals surface area contributed by atoms with Gasteiger partial charge in [-0.05, 0) is 25.0 Å². The van der Waals surface area contributed by atoms with Crippen molar-refractivity contribution < 1.29 is 18.7 Å². The summed E-state index contributed by atoms with van der Waals surface area (Å²) in [6, 6.07) is 1.55. The number of carbonyl (C=O) groups excluding carboxylic acids is 1. The van der Waals surface area contributed by atoms with Crippen molar-refractivity contribution in [2.24, 2.45) is 0 Å². The van der Waals surface area contributed by atoms with Gasteiger partial charge in [0.2, 0.25) is 0 Å². The van der Waals surface area contributed by atoms with Gasteiger partial charge in [-0.2, -0.15) is 0 Å². The lowest BCUT2D eigenvalue weighted by atomic mass is 10.0. The molecular formula is C13H15ClFNO3. The lowest BCUT2D eigenvalue weighted by Gasteiger charge is -2.19. The zero-order chi connectivity index (χ0) is 14.0. The van der Waals surface area contributed by atoms with Gasteiger partial charge in [-0.25, -0.2) is 9.18 Å². The maximum Gasteiger partial charge on any atom is 0.407 e. The summed E-state index contributed by atoms with van der Waals surface area (Å²) >= 11 is 5.89. The Morgan fingerprint density at radius 1 is 1.58 bits per heavy atom. The van der Waals surface area contributed by atoms with E-state index in [1.54, 1.807) is 6.07 Å². The van der Waals surface area contributed by atoms with Crippen LogP contribution in [0.3, 0.4) is 0 Å². The highest BCUT2D eigenvalue weighted by Crippen LogP contribution is 2.38. The van der Waals surface area contributed by atoms with Crippen LogP contribution in [0.1, 0.15) is 31.1 Å². The molecule has 0 unspecified atom stereocenters. The summed E-state index contributed by atoms with van der Waals surface area (Å²) in [5, 5.41) is 2.51. The molecule has 1 heterocycles. The second-order valence-corrected chi connectivity index (χ2v) is 4.54. The fraction of sp³-hybridized carbons (Fsp3) is 0.462. The highest BCUT2D eigenvalue weighted by atomic mass is 35.5. The van der Waals surface area contributed by atoms with Crippen LogP contribution in [0.15, 0.2) is 6.07 Å². The topological polar surface area (TPSA) is 47.6 Å². The summed E-state index contributed by atoms with van der Waals surface area (Å²) in [6.07, 6.45) is -0.626. The zero-order valence-electron chi connectivity index (χ0n) is 10.8. The van der Waals surface area contributed by atoms with Gasteiger partial charge in [0, 0.05) is 0 Å². The first-order valence-electron chi connectivity index (χ1n) is 6.16. The molecule has 1 saturated heterocycles. The van der Waals surface area contributed by atoms with Crippen molar-refractivity contribution >= 4 is 17.7 Å². The molecule has 1 aromatic rings. The van der Waals surface area contributed by atoms with Crippen LogP contribution in [-0.2, 0) is 11.2 Å². The van der Waals surface area contributed by atoms with Gasteiger partial charge in [0.1, 0.15) is 5.75 Å². The van der Waals surface area contributed by atoms with Crippen molar-refractivity contribution in [3.05, 3.63) is 28.0 Å². The number of aryl methyl sites for hydroxylation is 1. The molecule has 1 atom stereocenters. The van der Waals surface area contributed by atoms with Crippen LogP contribution in [0.25, 0.3) is 0 Å². The van der Waals surface area contributed by atoms with Crippen molar-refractivity contribution in [1.82, 2.24) is 5.32 Å². The van der Waals surface area contributed by atoms with Crippen molar-refractivity contribution in [1.29, 1.82) is 0 Å². The summed E-state index contributed by atoms with van der Waals surface area (Å²) in [4.78, 5) is 11.1. The van der Waals surface area contributed by atoms with Crippen LogP contribution in [-0.4, -0.2) is 19.2 Å². The van der Waals surface area contributed by atoms with E-state index in [1.807, 2.05) is 13.8 Å². The number of ether oxygens (including phenoxy) is 2. The van der Waals surface area contributed by atoms with Crippen LogP contribution < -0.4 is 10.1 Å². The summed E-state index contributed by atoms with van der Waals surface area (Å²) in [6.45, 7) is 4.35. The Morgan fingerprint density at radius 3 is 2.84 bits per heavy atom. The van der Waals surface area contributed by atoms with E-state index in [9.17, 15) is 9.18 Å². The number of hydrogen-bond donors (Lipinski definition) is 1. The van der Waals surface area contributed by atoms with Gasteiger partial charge in [-0.1, -0.05) is 18.5 Å². The number of benzene rings is 1. The van der Waals surface area contributed by atoms with Gasteiger partial charge in [0.25, 0.3) is 0 Å². The average Bonchev–Trinajstić information content (AvgIpc) is 2.80. The normalized spacial score (nSPS) is 18.1. The third-order valence-electron chi connectivity index (χ3n) is 2.96. The lowest BCUT2D eigenvalue weighted by Crippen LogP contribution is -2.13. The van der Waals surface area contributed by atoms with Crippen LogP contribution in [0.2, 0.25) is 5.02 Å². The first kappa shape index (κ1) is 13.9. The predicted octanol–water partition coefficient (Wildman–Crippen LogP) is 3.22. The standard InChI is InChI=1S/C13H15ClFNO3/c1-3-7-5-8(14)11(15)10(12(7)18-4-2)9-6-16-13(17)19-9/h5,9H,3-4,6H2,1-2H3,(H,16,17)/t9-/m0/s1. The van der Waals surface area contributed by atoms with Gasteiger partial charge in [0.15, 0.2) is 11.9 Å². The minimum atomic E-state index is -0.710. The molecule has 19 heavy (non-hydrogen) atoms. The monoisotopic (exact) mass is 287 g/mol. The van der Waals surface area contributed by atoms with Crippen molar-refractivity contribution in [3.63, 3.8) is 0 Å². The Morgan fingerprint density at radius 2 is 2.32 bits per heavy atom. The van der Waals surface area contributed by atoms with Crippen LogP contribution in [0.4, 0.5) is 9.18 Å². The first-order chi connectivity index (χ1) is 9.08. The SMILES string of the molecule is CCOc1c(CC)cc(Cl)c(F)c1[C@@H]1CNC(=O)O1. The lowest BCUT2D eigenvalue weighted by molar-refractivity contribution is 0.137. The molecule has 1 N–H and O–H groups in total. The smallest absolute Gasteiger partial charge is 0.407 e. The van der Waals surface area contributed by atoms with Gasteiger partial charge >= 0.3 is 6.09 Å². The summed E-state index contributed by atoms with van der Waals surface area (Å²) in [7, 11) is 0. The van der Waals surface area contributed by atoms with Gasteiger partial charge in [-0.3, -0.25) is 0 Å². The number of alkyl carbamates (subject to hydrolysis) is 1. The highest BCUT2D eigenvalue weighted by molar-refractivity contribution is 6.31.